The minimum atomic E-state index is -0.300. The second-order valence-electron chi connectivity index (χ2n) is 6.48. The Labute approximate surface area is 157 Å². The van der Waals surface area contributed by atoms with E-state index in [4.69, 9.17) is 9.15 Å². The number of aromatic nitrogens is 1. The number of nitrogens with one attached hydrogen (secondary N) is 2. The van der Waals surface area contributed by atoms with Crippen molar-refractivity contribution in [1.82, 2.24) is 10.3 Å². The van der Waals surface area contributed by atoms with Gasteiger partial charge in [-0.05, 0) is 31.2 Å². The van der Waals surface area contributed by atoms with Crippen molar-refractivity contribution < 1.29 is 13.9 Å². The van der Waals surface area contributed by atoms with Crippen LogP contribution in [0.15, 0.2) is 53.1 Å². The first kappa shape index (κ1) is 17.4. The Morgan fingerprint density at radius 1 is 1.19 bits per heavy atom. The summed E-state index contributed by atoms with van der Waals surface area (Å²) >= 11 is 0. The predicted molar refractivity (Wildman–Crippen MR) is 104 cm³/mol. The highest BCUT2D eigenvalue weighted by Crippen LogP contribution is 2.25. The van der Waals surface area contributed by atoms with Gasteiger partial charge in [0.1, 0.15) is 11.3 Å². The Bertz CT molecular complexity index is 901. The summed E-state index contributed by atoms with van der Waals surface area (Å²) in [6.07, 6.45) is 1.73. The largest absolute Gasteiger partial charge is 0.459 e. The van der Waals surface area contributed by atoms with E-state index < -0.39 is 0 Å². The van der Waals surface area contributed by atoms with Crippen molar-refractivity contribution in [2.45, 2.75) is 13.0 Å². The van der Waals surface area contributed by atoms with Gasteiger partial charge in [-0.25, -0.2) is 9.78 Å². The predicted octanol–water partition coefficient (Wildman–Crippen LogP) is 3.55. The summed E-state index contributed by atoms with van der Waals surface area (Å²) in [6.45, 7) is 4.71. The molecule has 0 aliphatic carbocycles. The molecule has 4 rings (SSSR count). The van der Waals surface area contributed by atoms with Gasteiger partial charge in [-0.3, -0.25) is 0 Å². The van der Waals surface area contributed by atoms with Gasteiger partial charge in [0, 0.05) is 24.7 Å². The lowest BCUT2D eigenvalue weighted by molar-refractivity contribution is 0.122. The SMILES string of the molecule is C[C@@H](NC(=O)Nc1cccnc1N1CCOCC1)c1cc2ccccc2o1. The van der Waals surface area contributed by atoms with Crippen LogP contribution in [0, 0.1) is 0 Å². The molecule has 7 nitrogen and oxygen atoms in total. The van der Waals surface area contributed by atoms with Crippen LogP contribution in [0.3, 0.4) is 0 Å². The van der Waals surface area contributed by atoms with E-state index in [-0.39, 0.29) is 12.1 Å². The highest BCUT2D eigenvalue weighted by molar-refractivity contribution is 5.92. The number of ether oxygens (including phenoxy) is 1. The van der Waals surface area contributed by atoms with Crippen LogP contribution < -0.4 is 15.5 Å². The van der Waals surface area contributed by atoms with Crippen molar-refractivity contribution in [2.24, 2.45) is 0 Å². The summed E-state index contributed by atoms with van der Waals surface area (Å²) in [7, 11) is 0. The topological polar surface area (TPSA) is 79.6 Å². The van der Waals surface area contributed by atoms with Crippen LogP contribution in [0.1, 0.15) is 18.7 Å². The lowest BCUT2D eigenvalue weighted by Gasteiger charge is -2.29. The number of furan rings is 1. The Hall–Kier alpha value is -3.06. The summed E-state index contributed by atoms with van der Waals surface area (Å²) in [5, 5.41) is 6.84. The fourth-order valence-corrected chi connectivity index (χ4v) is 3.16. The van der Waals surface area contributed by atoms with Gasteiger partial charge in [-0.2, -0.15) is 0 Å². The van der Waals surface area contributed by atoms with Crippen LogP contribution in [-0.4, -0.2) is 37.3 Å². The van der Waals surface area contributed by atoms with E-state index in [0.29, 0.717) is 24.7 Å². The highest BCUT2D eigenvalue weighted by atomic mass is 16.5. The van der Waals surface area contributed by atoms with Gasteiger partial charge < -0.3 is 24.7 Å². The van der Waals surface area contributed by atoms with Crippen molar-refractivity contribution in [3.05, 3.63) is 54.4 Å². The van der Waals surface area contributed by atoms with Crippen LogP contribution in [0.2, 0.25) is 0 Å². The Morgan fingerprint density at radius 3 is 2.81 bits per heavy atom. The fourth-order valence-electron chi connectivity index (χ4n) is 3.16. The van der Waals surface area contributed by atoms with Gasteiger partial charge in [-0.15, -0.1) is 0 Å². The number of hydrogen-bond donors (Lipinski definition) is 2. The van der Waals surface area contributed by atoms with E-state index in [2.05, 4.69) is 20.5 Å². The number of para-hydroxylation sites is 1. The zero-order valence-electron chi connectivity index (χ0n) is 15.1. The van der Waals surface area contributed by atoms with E-state index in [0.717, 1.165) is 29.9 Å². The van der Waals surface area contributed by atoms with E-state index in [1.165, 1.54) is 0 Å². The van der Waals surface area contributed by atoms with Gasteiger partial charge in [-0.1, -0.05) is 18.2 Å². The summed E-state index contributed by atoms with van der Waals surface area (Å²) < 4.78 is 11.2. The summed E-state index contributed by atoms with van der Waals surface area (Å²) in [4.78, 5) is 19.1. The molecule has 1 aliphatic heterocycles. The van der Waals surface area contributed by atoms with Gasteiger partial charge in [0.2, 0.25) is 0 Å². The second-order valence-corrected chi connectivity index (χ2v) is 6.48. The zero-order valence-corrected chi connectivity index (χ0v) is 15.1. The number of anilines is 2. The van der Waals surface area contributed by atoms with E-state index >= 15 is 0 Å². The Balaban J connectivity index is 1.44. The third-order valence-electron chi connectivity index (χ3n) is 4.56. The smallest absolute Gasteiger partial charge is 0.319 e. The summed E-state index contributed by atoms with van der Waals surface area (Å²) in [5.74, 6) is 1.47. The molecule has 0 saturated carbocycles. The number of fused-ring (bicyclic) bond motifs is 1. The van der Waals surface area contributed by atoms with Gasteiger partial charge >= 0.3 is 6.03 Å². The van der Waals surface area contributed by atoms with Crippen molar-refractivity contribution in [2.75, 3.05) is 36.5 Å². The number of hydrogen-bond acceptors (Lipinski definition) is 5. The molecule has 1 saturated heterocycles. The number of benzene rings is 1. The third-order valence-corrected chi connectivity index (χ3v) is 4.56. The molecular weight excluding hydrogens is 344 g/mol. The standard InChI is InChI=1S/C20H22N4O3/c1-14(18-13-15-5-2-3-7-17(15)27-18)22-20(25)23-16-6-4-8-21-19(16)24-9-11-26-12-10-24/h2-8,13-14H,9-12H2,1H3,(H2,22,23,25)/t14-/m1/s1. The number of carbonyl (C=O) groups is 1. The van der Waals surface area contributed by atoms with Crippen LogP contribution in [0.5, 0.6) is 0 Å². The first-order chi connectivity index (χ1) is 13.2. The van der Waals surface area contributed by atoms with Gasteiger partial charge in [0.05, 0.1) is 24.9 Å². The normalized spacial score (nSPS) is 15.5. The molecule has 0 unspecified atom stereocenters. The molecule has 2 aromatic heterocycles. The maximum absolute atomic E-state index is 12.5. The van der Waals surface area contributed by atoms with Gasteiger partial charge in [0.25, 0.3) is 0 Å². The third kappa shape index (κ3) is 3.88. The molecule has 2 N–H and O–H groups in total. The van der Waals surface area contributed by atoms with Gasteiger partial charge in [0.15, 0.2) is 5.82 Å². The second kappa shape index (κ2) is 7.67. The van der Waals surface area contributed by atoms with Crippen LogP contribution in [-0.2, 0) is 4.74 Å². The number of morpholine rings is 1. The van der Waals surface area contributed by atoms with Crippen LogP contribution >= 0.6 is 0 Å². The first-order valence-electron chi connectivity index (χ1n) is 9.04. The molecule has 1 fully saturated rings. The lowest BCUT2D eigenvalue weighted by Crippen LogP contribution is -2.38. The minimum Gasteiger partial charge on any atom is -0.459 e. The van der Waals surface area contributed by atoms with Crippen LogP contribution in [0.25, 0.3) is 11.0 Å². The van der Waals surface area contributed by atoms with E-state index in [1.54, 1.807) is 6.20 Å². The number of pyridine rings is 1. The molecule has 3 aromatic rings. The monoisotopic (exact) mass is 366 g/mol. The van der Waals surface area contributed by atoms with E-state index in [9.17, 15) is 4.79 Å². The molecule has 2 amide bonds. The molecule has 0 spiro atoms. The molecule has 7 heteroatoms. The maximum Gasteiger partial charge on any atom is 0.319 e. The molecule has 140 valence electrons. The molecule has 0 bridgehead atoms. The molecular formula is C20H22N4O3. The number of urea groups is 1. The average molecular weight is 366 g/mol. The molecule has 1 aliphatic rings. The van der Waals surface area contributed by atoms with Crippen molar-refractivity contribution in [1.29, 1.82) is 0 Å². The van der Waals surface area contributed by atoms with Crippen LogP contribution in [0.4, 0.5) is 16.3 Å². The number of rotatable bonds is 4. The quantitative estimate of drug-likeness (QED) is 0.738. The molecule has 0 radical (unpaired) electrons. The number of nitrogens with zero attached hydrogens (tertiary/aromatic N) is 2. The molecule has 3 heterocycles. The van der Waals surface area contributed by atoms with Crippen molar-refractivity contribution in [3.8, 4) is 0 Å². The fraction of sp³-hybridized carbons (Fsp3) is 0.300. The number of carbonyl (C=O) groups excluding carboxylic acids is 1. The summed E-state index contributed by atoms with van der Waals surface area (Å²) in [5.41, 5.74) is 1.48. The Kier molecular flexibility index (Phi) is 4.93. The first-order valence-corrected chi connectivity index (χ1v) is 9.04. The van der Waals surface area contributed by atoms with E-state index in [1.807, 2.05) is 49.4 Å². The molecule has 27 heavy (non-hydrogen) atoms. The van der Waals surface area contributed by atoms with Crippen molar-refractivity contribution >= 4 is 28.5 Å². The lowest BCUT2D eigenvalue weighted by atomic mass is 10.2. The van der Waals surface area contributed by atoms with Crippen molar-refractivity contribution in [3.63, 3.8) is 0 Å². The number of amides is 2. The molecule has 1 atom stereocenters. The molecule has 1 aromatic carbocycles. The summed E-state index contributed by atoms with van der Waals surface area (Å²) in [6, 6.07) is 12.8. The maximum atomic E-state index is 12.5. The zero-order chi connectivity index (χ0) is 18.6. The highest BCUT2D eigenvalue weighted by Gasteiger charge is 2.19. The average Bonchev–Trinajstić information content (AvgIpc) is 3.13. The Morgan fingerprint density at radius 2 is 2.00 bits per heavy atom. The minimum absolute atomic E-state index is 0.263.